The summed E-state index contributed by atoms with van der Waals surface area (Å²) in [5.74, 6) is -0.554. The van der Waals surface area contributed by atoms with Crippen LogP contribution >= 0.6 is 0 Å². The molecule has 0 saturated heterocycles. The number of carbonyl (C=O) groups is 2. The highest BCUT2D eigenvalue weighted by Crippen LogP contribution is 2.30. The second kappa shape index (κ2) is 5.07. The molecule has 4 nitrogen and oxygen atoms in total. The van der Waals surface area contributed by atoms with E-state index in [1.165, 1.54) is 7.11 Å². The van der Waals surface area contributed by atoms with Crippen LogP contribution in [0.2, 0.25) is 0 Å². The molecule has 1 aliphatic rings. The second-order valence-electron chi connectivity index (χ2n) is 3.74. The van der Waals surface area contributed by atoms with Gasteiger partial charge in [-0.3, -0.25) is 9.59 Å². The van der Waals surface area contributed by atoms with Crippen molar-refractivity contribution >= 4 is 11.8 Å². The fourth-order valence-electron chi connectivity index (χ4n) is 1.83. The predicted octanol–water partition coefficient (Wildman–Crippen LogP) is 1.10. The third-order valence-corrected chi connectivity index (χ3v) is 2.67. The lowest BCUT2D eigenvalue weighted by Gasteiger charge is -2.06. The zero-order valence-electron chi connectivity index (χ0n) is 9.33. The largest absolute Gasteiger partial charge is 0.469 e. The summed E-state index contributed by atoms with van der Waals surface area (Å²) in [5.41, 5.74) is 1.74. The molecule has 0 fully saturated rings. The zero-order valence-corrected chi connectivity index (χ0v) is 9.33. The summed E-state index contributed by atoms with van der Waals surface area (Å²) in [6.45, 7) is 2.24. The fourth-order valence-corrected chi connectivity index (χ4v) is 1.83. The van der Waals surface area contributed by atoms with Gasteiger partial charge < -0.3 is 9.47 Å². The molecule has 4 heteroatoms. The molecule has 1 rings (SSSR count). The summed E-state index contributed by atoms with van der Waals surface area (Å²) in [4.78, 5) is 22.9. The molecule has 1 aliphatic carbocycles. The first-order chi connectivity index (χ1) is 7.10. The van der Waals surface area contributed by atoms with Crippen molar-refractivity contribution in [1.29, 1.82) is 0 Å². The molecule has 0 aromatic carbocycles. The lowest BCUT2D eigenvalue weighted by atomic mass is 10.00. The molecule has 0 aromatic heterocycles. The molecule has 0 N–H and O–H groups in total. The van der Waals surface area contributed by atoms with Crippen molar-refractivity contribution in [2.24, 2.45) is 5.92 Å². The Morgan fingerprint density at radius 1 is 1.47 bits per heavy atom. The quantitative estimate of drug-likeness (QED) is 0.655. The van der Waals surface area contributed by atoms with Crippen LogP contribution < -0.4 is 0 Å². The number of esters is 1. The Labute approximate surface area is 89.2 Å². The molecule has 84 valence electrons. The van der Waals surface area contributed by atoms with Gasteiger partial charge in [0.05, 0.1) is 20.1 Å². The van der Waals surface area contributed by atoms with Crippen LogP contribution in [0.15, 0.2) is 11.1 Å². The molecule has 0 spiro atoms. The van der Waals surface area contributed by atoms with Crippen molar-refractivity contribution in [3.8, 4) is 0 Å². The van der Waals surface area contributed by atoms with Gasteiger partial charge in [-0.1, -0.05) is 5.57 Å². The fraction of sp³-hybridized carbons (Fsp3) is 0.636. The summed E-state index contributed by atoms with van der Waals surface area (Å²) < 4.78 is 9.50. The van der Waals surface area contributed by atoms with E-state index in [0.717, 1.165) is 5.57 Å². The molecule has 0 radical (unpaired) electrons. The molecule has 0 saturated carbocycles. The smallest absolute Gasteiger partial charge is 0.306 e. The van der Waals surface area contributed by atoms with E-state index in [1.807, 2.05) is 6.92 Å². The Balaban J connectivity index is 2.63. The van der Waals surface area contributed by atoms with E-state index in [0.29, 0.717) is 18.6 Å². The van der Waals surface area contributed by atoms with Crippen molar-refractivity contribution in [2.45, 2.75) is 19.8 Å². The maximum absolute atomic E-state index is 11.8. The highest BCUT2D eigenvalue weighted by atomic mass is 16.5. The van der Waals surface area contributed by atoms with E-state index < -0.39 is 0 Å². The van der Waals surface area contributed by atoms with Crippen LogP contribution in [0.1, 0.15) is 19.8 Å². The minimum atomic E-state index is -0.334. The van der Waals surface area contributed by atoms with Gasteiger partial charge in [-0.05, 0) is 13.3 Å². The monoisotopic (exact) mass is 212 g/mol. The molecule has 1 atom stereocenters. The van der Waals surface area contributed by atoms with Gasteiger partial charge in [-0.2, -0.15) is 0 Å². The Morgan fingerprint density at radius 3 is 2.67 bits per heavy atom. The van der Waals surface area contributed by atoms with Crippen molar-refractivity contribution < 1.29 is 19.1 Å². The third kappa shape index (κ3) is 2.65. The number of ketones is 1. The average molecular weight is 212 g/mol. The van der Waals surface area contributed by atoms with E-state index in [1.54, 1.807) is 7.11 Å². The Bertz CT molecular complexity index is 304. The molecule has 0 aliphatic heterocycles. The van der Waals surface area contributed by atoms with Crippen LogP contribution in [0.5, 0.6) is 0 Å². The highest BCUT2D eigenvalue weighted by Gasteiger charge is 2.32. The van der Waals surface area contributed by atoms with Crippen molar-refractivity contribution in [2.75, 3.05) is 20.8 Å². The van der Waals surface area contributed by atoms with Gasteiger partial charge in [-0.15, -0.1) is 0 Å². The maximum atomic E-state index is 11.8. The first-order valence-corrected chi connectivity index (χ1v) is 4.88. The first-order valence-electron chi connectivity index (χ1n) is 4.88. The summed E-state index contributed by atoms with van der Waals surface area (Å²) >= 11 is 0. The Morgan fingerprint density at radius 2 is 2.13 bits per heavy atom. The number of hydrogen-bond donors (Lipinski definition) is 0. The molecule has 0 bridgehead atoms. The van der Waals surface area contributed by atoms with Gasteiger partial charge in [0, 0.05) is 18.6 Å². The molecule has 0 unspecified atom stereocenters. The molecular weight excluding hydrogens is 196 g/mol. The minimum absolute atomic E-state index is 0.0275. The topological polar surface area (TPSA) is 52.6 Å². The summed E-state index contributed by atoms with van der Waals surface area (Å²) in [5, 5.41) is 0. The number of Topliss-reactive ketones (excluding diaryl/α,β-unsaturated/α-hetero) is 1. The molecule has 0 aromatic rings. The number of rotatable bonds is 4. The Hall–Kier alpha value is -1.16. The molecule has 0 heterocycles. The van der Waals surface area contributed by atoms with E-state index in [4.69, 9.17) is 4.74 Å². The van der Waals surface area contributed by atoms with Crippen molar-refractivity contribution in [1.82, 2.24) is 0 Å². The molecular formula is C11H16O4. The predicted molar refractivity (Wildman–Crippen MR) is 54.3 cm³/mol. The number of carbonyl (C=O) groups excluding carboxylic acids is 2. The lowest BCUT2D eigenvalue weighted by molar-refractivity contribution is -0.143. The normalized spacial score (nSPS) is 21.0. The van der Waals surface area contributed by atoms with E-state index >= 15 is 0 Å². The maximum Gasteiger partial charge on any atom is 0.306 e. The first kappa shape index (κ1) is 11.9. The van der Waals surface area contributed by atoms with Crippen molar-refractivity contribution in [3.05, 3.63) is 11.1 Å². The number of ether oxygens (including phenoxy) is 2. The number of allylic oxidation sites excluding steroid dienone is 1. The highest BCUT2D eigenvalue weighted by molar-refractivity contribution is 6.02. The summed E-state index contributed by atoms with van der Waals surface area (Å²) in [6.07, 6.45) is 0.812. The van der Waals surface area contributed by atoms with Crippen LogP contribution in [0.3, 0.4) is 0 Å². The molecule has 0 amide bonds. The van der Waals surface area contributed by atoms with E-state index in [9.17, 15) is 9.59 Å². The lowest BCUT2D eigenvalue weighted by Crippen LogP contribution is -2.17. The van der Waals surface area contributed by atoms with Gasteiger partial charge in [0.2, 0.25) is 0 Å². The van der Waals surface area contributed by atoms with Crippen LogP contribution in [0, 0.1) is 5.92 Å². The standard InChI is InChI=1S/C11H16O4/c1-7-4-8(5-10(12)15-3)11(13)9(7)6-14-2/h8H,4-6H2,1-3H3/t8-/m0/s1. The number of hydrogen-bond acceptors (Lipinski definition) is 4. The summed E-state index contributed by atoms with van der Waals surface area (Å²) in [6, 6.07) is 0. The zero-order chi connectivity index (χ0) is 11.4. The minimum Gasteiger partial charge on any atom is -0.469 e. The second-order valence-corrected chi connectivity index (χ2v) is 3.74. The van der Waals surface area contributed by atoms with E-state index in [-0.39, 0.29) is 24.1 Å². The van der Waals surface area contributed by atoms with Crippen LogP contribution in [0.4, 0.5) is 0 Å². The van der Waals surface area contributed by atoms with Crippen molar-refractivity contribution in [3.63, 3.8) is 0 Å². The van der Waals surface area contributed by atoms with Gasteiger partial charge in [-0.25, -0.2) is 0 Å². The summed E-state index contributed by atoms with van der Waals surface area (Å²) in [7, 11) is 2.89. The van der Waals surface area contributed by atoms with Crippen LogP contribution in [0.25, 0.3) is 0 Å². The van der Waals surface area contributed by atoms with Gasteiger partial charge in [0.15, 0.2) is 5.78 Å². The van der Waals surface area contributed by atoms with Gasteiger partial charge in [0.1, 0.15) is 0 Å². The van der Waals surface area contributed by atoms with Gasteiger partial charge >= 0.3 is 5.97 Å². The third-order valence-electron chi connectivity index (χ3n) is 2.67. The van der Waals surface area contributed by atoms with Gasteiger partial charge in [0.25, 0.3) is 0 Å². The average Bonchev–Trinajstić information content (AvgIpc) is 2.46. The van der Waals surface area contributed by atoms with Crippen LogP contribution in [-0.2, 0) is 19.1 Å². The SMILES string of the molecule is COCC1=C(C)C[C@@H](CC(=O)OC)C1=O. The Kier molecular flexibility index (Phi) is 4.03. The van der Waals surface area contributed by atoms with Crippen LogP contribution in [-0.4, -0.2) is 32.6 Å². The van der Waals surface area contributed by atoms with E-state index in [2.05, 4.69) is 4.74 Å². The number of methoxy groups -OCH3 is 2. The molecule has 15 heavy (non-hydrogen) atoms.